The predicted octanol–water partition coefficient (Wildman–Crippen LogP) is 4.80. The van der Waals surface area contributed by atoms with Crippen LogP contribution in [-0.4, -0.2) is 36.5 Å². The molecule has 1 fully saturated rings. The molecule has 6 heteroatoms. The number of rotatable bonds is 6. The standard InChI is InChI=1S/C20H24FN3OS.C2H6/c1-2-24-11-3-4-16(24)13-23-20(25)14-5-10-19(18(22)12-14)26-17-8-6-15(21)7-9-17;1-2/h5-10,12,16H,2-4,11,13,22H2,1H3,(H,23,25);1-2H3. The van der Waals surface area contributed by atoms with E-state index < -0.39 is 0 Å². The number of nitrogens with zero attached hydrogens (tertiary/aromatic N) is 1. The highest BCUT2D eigenvalue weighted by Crippen LogP contribution is 2.32. The maximum Gasteiger partial charge on any atom is 0.251 e. The molecule has 3 rings (SSSR count). The molecule has 0 aliphatic carbocycles. The van der Waals surface area contributed by atoms with Crippen LogP contribution in [-0.2, 0) is 0 Å². The molecule has 1 amide bonds. The number of halogens is 1. The van der Waals surface area contributed by atoms with E-state index in [4.69, 9.17) is 5.73 Å². The molecular weight excluding hydrogens is 373 g/mol. The smallest absolute Gasteiger partial charge is 0.251 e. The van der Waals surface area contributed by atoms with E-state index in [1.165, 1.54) is 30.3 Å². The summed E-state index contributed by atoms with van der Waals surface area (Å²) in [6.07, 6.45) is 2.32. The van der Waals surface area contributed by atoms with E-state index in [2.05, 4.69) is 17.1 Å². The minimum absolute atomic E-state index is 0.0991. The molecule has 1 heterocycles. The summed E-state index contributed by atoms with van der Waals surface area (Å²) < 4.78 is 13.0. The van der Waals surface area contributed by atoms with Crippen molar-refractivity contribution in [2.45, 2.75) is 49.4 Å². The van der Waals surface area contributed by atoms with Gasteiger partial charge in [-0.2, -0.15) is 0 Å². The lowest BCUT2D eigenvalue weighted by atomic mass is 10.1. The Morgan fingerprint density at radius 3 is 2.61 bits per heavy atom. The normalized spacial score (nSPS) is 16.4. The first kappa shape index (κ1) is 22.2. The molecule has 2 aromatic rings. The molecule has 0 spiro atoms. The first-order valence-electron chi connectivity index (χ1n) is 9.92. The van der Waals surface area contributed by atoms with E-state index in [1.54, 1.807) is 24.3 Å². The van der Waals surface area contributed by atoms with Crippen molar-refractivity contribution in [3.63, 3.8) is 0 Å². The fourth-order valence-corrected chi connectivity index (χ4v) is 4.11. The number of carbonyl (C=O) groups excluding carboxylic acids is 1. The van der Waals surface area contributed by atoms with Crippen LogP contribution in [0.2, 0.25) is 0 Å². The summed E-state index contributed by atoms with van der Waals surface area (Å²) in [6, 6.07) is 12.0. The van der Waals surface area contributed by atoms with Gasteiger partial charge in [-0.25, -0.2) is 4.39 Å². The van der Waals surface area contributed by atoms with Gasteiger partial charge >= 0.3 is 0 Å². The zero-order valence-corrected chi connectivity index (χ0v) is 17.7. The average Bonchev–Trinajstić information content (AvgIpc) is 3.18. The van der Waals surface area contributed by atoms with Crippen LogP contribution >= 0.6 is 11.8 Å². The Morgan fingerprint density at radius 2 is 1.96 bits per heavy atom. The molecule has 1 aliphatic heterocycles. The number of nitrogens with one attached hydrogen (secondary N) is 1. The average molecular weight is 404 g/mol. The highest BCUT2D eigenvalue weighted by Gasteiger charge is 2.23. The lowest BCUT2D eigenvalue weighted by Gasteiger charge is -2.22. The summed E-state index contributed by atoms with van der Waals surface area (Å²) >= 11 is 1.45. The molecule has 152 valence electrons. The fourth-order valence-electron chi connectivity index (χ4n) is 3.27. The number of likely N-dealkylation sites (tertiary alicyclic amines) is 1. The third-order valence-electron chi connectivity index (χ3n) is 4.72. The Kier molecular flexibility index (Phi) is 8.80. The molecule has 2 aromatic carbocycles. The number of benzene rings is 2. The monoisotopic (exact) mass is 403 g/mol. The molecule has 0 bridgehead atoms. The van der Waals surface area contributed by atoms with Gasteiger partial charge in [0.15, 0.2) is 0 Å². The highest BCUT2D eigenvalue weighted by atomic mass is 32.2. The van der Waals surface area contributed by atoms with E-state index in [0.717, 1.165) is 29.3 Å². The van der Waals surface area contributed by atoms with Crippen LogP contribution in [0.5, 0.6) is 0 Å². The van der Waals surface area contributed by atoms with Gasteiger partial charge < -0.3 is 11.1 Å². The van der Waals surface area contributed by atoms with E-state index >= 15 is 0 Å². The lowest BCUT2D eigenvalue weighted by molar-refractivity contribution is 0.0941. The molecule has 1 unspecified atom stereocenters. The van der Waals surface area contributed by atoms with Gasteiger partial charge in [-0.1, -0.05) is 32.5 Å². The van der Waals surface area contributed by atoms with Gasteiger partial charge in [-0.05, 0) is 68.4 Å². The van der Waals surface area contributed by atoms with Gasteiger partial charge in [0, 0.05) is 33.6 Å². The number of amides is 1. The van der Waals surface area contributed by atoms with Crippen LogP contribution in [0.25, 0.3) is 0 Å². The van der Waals surface area contributed by atoms with Crippen LogP contribution in [0.1, 0.15) is 44.0 Å². The quantitative estimate of drug-likeness (QED) is 0.680. The number of carbonyl (C=O) groups is 1. The summed E-state index contributed by atoms with van der Waals surface area (Å²) in [7, 11) is 0. The van der Waals surface area contributed by atoms with Gasteiger partial charge in [0.2, 0.25) is 0 Å². The third kappa shape index (κ3) is 5.97. The van der Waals surface area contributed by atoms with Crippen molar-refractivity contribution >= 4 is 23.4 Å². The maximum atomic E-state index is 13.0. The van der Waals surface area contributed by atoms with Crippen molar-refractivity contribution in [2.75, 3.05) is 25.4 Å². The SMILES string of the molecule is CC.CCN1CCCC1CNC(=O)c1ccc(Sc2ccc(F)cc2)c(N)c1. The molecule has 3 N–H and O–H groups in total. The van der Waals surface area contributed by atoms with Crippen LogP contribution < -0.4 is 11.1 Å². The Bertz CT molecular complexity index is 767. The van der Waals surface area contributed by atoms with Crippen LogP contribution in [0.15, 0.2) is 52.3 Å². The first-order chi connectivity index (χ1) is 13.6. The molecule has 0 aromatic heterocycles. The molecular formula is C22H30FN3OS. The van der Waals surface area contributed by atoms with Gasteiger partial charge in [-0.3, -0.25) is 9.69 Å². The van der Waals surface area contributed by atoms with Crippen LogP contribution in [0, 0.1) is 5.82 Å². The van der Waals surface area contributed by atoms with Gasteiger partial charge in [0.25, 0.3) is 5.91 Å². The predicted molar refractivity (Wildman–Crippen MR) is 115 cm³/mol. The number of nitrogens with two attached hydrogens (primary N) is 1. The Balaban J connectivity index is 0.00000136. The number of nitrogen functional groups attached to an aromatic ring is 1. The molecule has 28 heavy (non-hydrogen) atoms. The van der Waals surface area contributed by atoms with E-state index in [9.17, 15) is 9.18 Å². The summed E-state index contributed by atoms with van der Waals surface area (Å²) in [5.41, 5.74) is 7.22. The van der Waals surface area contributed by atoms with Crippen LogP contribution in [0.3, 0.4) is 0 Å². The van der Waals surface area contributed by atoms with Crippen LogP contribution in [0.4, 0.5) is 10.1 Å². The zero-order valence-electron chi connectivity index (χ0n) is 16.9. The largest absolute Gasteiger partial charge is 0.398 e. The Hall–Kier alpha value is -2.05. The molecule has 1 aliphatic rings. The summed E-state index contributed by atoms with van der Waals surface area (Å²) in [4.78, 5) is 16.6. The van der Waals surface area contributed by atoms with E-state index in [0.29, 0.717) is 23.8 Å². The van der Waals surface area contributed by atoms with Gasteiger partial charge in [0.1, 0.15) is 5.82 Å². The molecule has 0 radical (unpaired) electrons. The number of likely N-dealkylation sites (N-methyl/N-ethyl adjacent to an activating group) is 1. The number of anilines is 1. The Labute approximate surface area is 171 Å². The minimum Gasteiger partial charge on any atom is -0.398 e. The molecule has 4 nitrogen and oxygen atoms in total. The second-order valence-electron chi connectivity index (χ2n) is 6.44. The lowest BCUT2D eigenvalue weighted by Crippen LogP contribution is -2.40. The van der Waals surface area contributed by atoms with Crippen molar-refractivity contribution in [1.82, 2.24) is 10.2 Å². The Morgan fingerprint density at radius 1 is 1.25 bits per heavy atom. The van der Waals surface area contributed by atoms with E-state index in [1.807, 2.05) is 19.9 Å². The second kappa shape index (κ2) is 11.1. The summed E-state index contributed by atoms with van der Waals surface area (Å²) in [5, 5.41) is 3.02. The number of hydrogen-bond donors (Lipinski definition) is 2. The van der Waals surface area contributed by atoms with Crippen molar-refractivity contribution in [1.29, 1.82) is 0 Å². The fraction of sp³-hybridized carbons (Fsp3) is 0.409. The molecule has 1 saturated heterocycles. The first-order valence-corrected chi connectivity index (χ1v) is 10.7. The van der Waals surface area contributed by atoms with Crippen molar-refractivity contribution in [3.8, 4) is 0 Å². The maximum absolute atomic E-state index is 13.0. The summed E-state index contributed by atoms with van der Waals surface area (Å²) in [5.74, 6) is -0.365. The van der Waals surface area contributed by atoms with Crippen molar-refractivity contribution < 1.29 is 9.18 Å². The third-order valence-corrected chi connectivity index (χ3v) is 5.82. The van der Waals surface area contributed by atoms with E-state index in [-0.39, 0.29) is 11.7 Å². The summed E-state index contributed by atoms with van der Waals surface area (Å²) in [6.45, 7) is 8.94. The zero-order chi connectivity index (χ0) is 20.5. The minimum atomic E-state index is -0.266. The number of hydrogen-bond acceptors (Lipinski definition) is 4. The topological polar surface area (TPSA) is 58.4 Å². The highest BCUT2D eigenvalue weighted by molar-refractivity contribution is 7.99. The van der Waals surface area contributed by atoms with Crippen molar-refractivity contribution in [2.24, 2.45) is 0 Å². The van der Waals surface area contributed by atoms with Gasteiger partial charge in [0.05, 0.1) is 0 Å². The van der Waals surface area contributed by atoms with Gasteiger partial charge in [-0.15, -0.1) is 0 Å². The molecule has 0 saturated carbocycles. The second-order valence-corrected chi connectivity index (χ2v) is 7.56. The molecule has 1 atom stereocenters. The van der Waals surface area contributed by atoms with Crippen molar-refractivity contribution in [3.05, 3.63) is 53.8 Å².